The van der Waals surface area contributed by atoms with Crippen molar-refractivity contribution in [1.29, 1.82) is 0 Å². The fraction of sp³-hybridized carbons (Fsp3) is 0.471. The number of amides is 1. The Bertz CT molecular complexity index is 739. The van der Waals surface area contributed by atoms with E-state index < -0.39 is 5.82 Å². The predicted octanol–water partition coefficient (Wildman–Crippen LogP) is 3.50. The summed E-state index contributed by atoms with van der Waals surface area (Å²) in [6.07, 6.45) is 0. The van der Waals surface area contributed by atoms with E-state index in [0.717, 1.165) is 16.0 Å². The summed E-state index contributed by atoms with van der Waals surface area (Å²) >= 11 is 2.79. The Labute approximate surface area is 161 Å². The number of halogens is 1. The molecule has 0 unspecified atom stereocenters. The molecule has 6 nitrogen and oxygen atoms in total. The maximum Gasteiger partial charge on any atom is 0.233 e. The van der Waals surface area contributed by atoms with Crippen molar-refractivity contribution in [3.8, 4) is 5.75 Å². The summed E-state index contributed by atoms with van der Waals surface area (Å²) in [5, 5.41) is 12.1. The van der Waals surface area contributed by atoms with Crippen LogP contribution >= 0.6 is 23.1 Å². The monoisotopic (exact) mass is 398 g/mol. The van der Waals surface area contributed by atoms with Gasteiger partial charge in [0.2, 0.25) is 11.0 Å². The number of carbonyl (C=O) groups is 1. The molecule has 26 heavy (non-hydrogen) atoms. The number of carbonyl (C=O) groups excluding carboxylic acids is 1. The van der Waals surface area contributed by atoms with Crippen LogP contribution in [0.25, 0.3) is 0 Å². The zero-order chi connectivity index (χ0) is 19.1. The second-order valence-corrected chi connectivity index (χ2v) is 8.36. The molecule has 142 valence electrons. The van der Waals surface area contributed by atoms with Crippen LogP contribution in [0.15, 0.2) is 22.5 Å². The number of nitrogens with one attached hydrogen (secondary N) is 1. The van der Waals surface area contributed by atoms with Gasteiger partial charge >= 0.3 is 0 Å². The molecule has 0 saturated heterocycles. The van der Waals surface area contributed by atoms with Crippen molar-refractivity contribution in [2.45, 2.75) is 24.7 Å². The lowest BCUT2D eigenvalue weighted by Crippen LogP contribution is -2.27. The van der Waals surface area contributed by atoms with Gasteiger partial charge in [-0.3, -0.25) is 4.79 Å². The third-order valence-electron chi connectivity index (χ3n) is 3.45. The minimum absolute atomic E-state index is 0.0573. The molecule has 9 heteroatoms. The quantitative estimate of drug-likeness (QED) is 0.652. The van der Waals surface area contributed by atoms with E-state index in [0.29, 0.717) is 18.0 Å². The average molecular weight is 399 g/mol. The highest BCUT2D eigenvalue weighted by Crippen LogP contribution is 2.26. The number of rotatable bonds is 9. The Morgan fingerprint density at radius 3 is 2.85 bits per heavy atom. The molecule has 0 aliphatic carbocycles. The van der Waals surface area contributed by atoms with Crippen LogP contribution in [-0.2, 0) is 11.3 Å². The maximum atomic E-state index is 13.7. The highest BCUT2D eigenvalue weighted by molar-refractivity contribution is 8.01. The van der Waals surface area contributed by atoms with Crippen LogP contribution in [0, 0.1) is 11.7 Å². The van der Waals surface area contributed by atoms with Gasteiger partial charge in [-0.25, -0.2) is 4.39 Å². The average Bonchev–Trinajstić information content (AvgIpc) is 3.06. The highest BCUT2D eigenvalue weighted by atomic mass is 32.2. The Morgan fingerprint density at radius 1 is 1.42 bits per heavy atom. The molecule has 0 bridgehead atoms. The number of hydrogen-bond donors (Lipinski definition) is 1. The normalized spacial score (nSPS) is 10.8. The van der Waals surface area contributed by atoms with E-state index in [4.69, 9.17) is 4.74 Å². The number of ether oxygens (including phenoxy) is 1. The van der Waals surface area contributed by atoms with Crippen molar-refractivity contribution in [3.05, 3.63) is 29.6 Å². The van der Waals surface area contributed by atoms with Gasteiger partial charge in [-0.15, -0.1) is 10.2 Å². The molecular weight excluding hydrogens is 375 g/mol. The molecule has 0 aliphatic rings. The molecule has 0 saturated carbocycles. The molecular formula is C17H23FN4O2S2. The lowest BCUT2D eigenvalue weighted by molar-refractivity contribution is -0.127. The van der Waals surface area contributed by atoms with E-state index in [1.807, 2.05) is 0 Å². The SMILES string of the molecule is COc1ccc(CN(C)C(=O)CSc2nnc(NCC(C)C)s2)cc1F. The van der Waals surface area contributed by atoms with E-state index in [9.17, 15) is 9.18 Å². The first-order valence-corrected chi connectivity index (χ1v) is 9.95. The van der Waals surface area contributed by atoms with Gasteiger partial charge in [-0.05, 0) is 23.6 Å². The van der Waals surface area contributed by atoms with Gasteiger partial charge in [0.25, 0.3) is 0 Å². The highest BCUT2D eigenvalue weighted by Gasteiger charge is 2.13. The van der Waals surface area contributed by atoms with Crippen molar-refractivity contribution in [3.63, 3.8) is 0 Å². The Morgan fingerprint density at radius 2 is 2.19 bits per heavy atom. The van der Waals surface area contributed by atoms with Crippen LogP contribution < -0.4 is 10.1 Å². The van der Waals surface area contributed by atoms with Crippen LogP contribution in [-0.4, -0.2) is 47.5 Å². The van der Waals surface area contributed by atoms with Crippen LogP contribution in [0.2, 0.25) is 0 Å². The topological polar surface area (TPSA) is 67.3 Å². The number of nitrogens with zero attached hydrogens (tertiary/aromatic N) is 3. The summed E-state index contributed by atoms with van der Waals surface area (Å²) in [4.78, 5) is 13.8. The van der Waals surface area contributed by atoms with Gasteiger partial charge in [-0.1, -0.05) is 43.0 Å². The van der Waals surface area contributed by atoms with E-state index >= 15 is 0 Å². The summed E-state index contributed by atoms with van der Waals surface area (Å²) in [5.74, 6) is 0.478. The second kappa shape index (κ2) is 9.72. The fourth-order valence-corrected chi connectivity index (χ4v) is 3.73. The molecule has 1 N–H and O–H groups in total. The van der Waals surface area contributed by atoms with Gasteiger partial charge in [0.1, 0.15) is 0 Å². The Hall–Kier alpha value is -1.87. The summed E-state index contributed by atoms with van der Waals surface area (Å²) in [6, 6.07) is 4.69. The fourth-order valence-electron chi connectivity index (χ4n) is 2.03. The molecule has 0 atom stereocenters. The molecule has 0 spiro atoms. The number of anilines is 1. The predicted molar refractivity (Wildman–Crippen MR) is 103 cm³/mol. The van der Waals surface area contributed by atoms with E-state index in [-0.39, 0.29) is 17.4 Å². The molecule has 0 fully saturated rings. The van der Waals surface area contributed by atoms with Gasteiger partial charge in [0, 0.05) is 20.1 Å². The second-order valence-electron chi connectivity index (χ2n) is 6.16. The van der Waals surface area contributed by atoms with E-state index in [1.54, 1.807) is 24.1 Å². The molecule has 1 heterocycles. The third-order valence-corrected chi connectivity index (χ3v) is 5.45. The van der Waals surface area contributed by atoms with Crippen LogP contribution in [0.3, 0.4) is 0 Å². The van der Waals surface area contributed by atoms with Crippen LogP contribution in [0.1, 0.15) is 19.4 Å². The number of benzene rings is 1. The number of hydrogen-bond acceptors (Lipinski definition) is 7. The molecule has 2 aromatic rings. The smallest absolute Gasteiger partial charge is 0.233 e. The minimum atomic E-state index is -0.435. The van der Waals surface area contributed by atoms with Gasteiger partial charge in [0.15, 0.2) is 15.9 Å². The lowest BCUT2D eigenvalue weighted by Gasteiger charge is -2.17. The van der Waals surface area contributed by atoms with Crippen molar-refractivity contribution < 1.29 is 13.9 Å². The largest absolute Gasteiger partial charge is 0.494 e. The number of methoxy groups -OCH3 is 1. The van der Waals surface area contributed by atoms with Crippen molar-refractivity contribution in [1.82, 2.24) is 15.1 Å². The van der Waals surface area contributed by atoms with Gasteiger partial charge in [0.05, 0.1) is 12.9 Å². The molecule has 2 rings (SSSR count). The minimum Gasteiger partial charge on any atom is -0.494 e. The summed E-state index contributed by atoms with van der Waals surface area (Å²) < 4.78 is 19.4. The third kappa shape index (κ3) is 6.14. The Balaban J connectivity index is 1.82. The van der Waals surface area contributed by atoms with Crippen molar-refractivity contribution in [2.75, 3.05) is 31.8 Å². The zero-order valence-electron chi connectivity index (χ0n) is 15.3. The standard InChI is InChI=1S/C17H23FN4O2S2/c1-11(2)8-19-16-20-21-17(26-16)25-10-15(23)22(3)9-12-5-6-14(24-4)13(18)7-12/h5-7,11H,8-10H2,1-4H3,(H,19,20). The van der Waals surface area contributed by atoms with E-state index in [2.05, 4.69) is 29.4 Å². The first-order valence-electron chi connectivity index (χ1n) is 8.15. The van der Waals surface area contributed by atoms with Gasteiger partial charge in [-0.2, -0.15) is 0 Å². The molecule has 1 aromatic carbocycles. The lowest BCUT2D eigenvalue weighted by atomic mass is 10.2. The first-order chi connectivity index (χ1) is 12.4. The Kier molecular flexibility index (Phi) is 7.65. The molecule has 1 aromatic heterocycles. The molecule has 0 radical (unpaired) electrons. The van der Waals surface area contributed by atoms with Crippen molar-refractivity contribution in [2.24, 2.45) is 5.92 Å². The zero-order valence-corrected chi connectivity index (χ0v) is 16.9. The summed E-state index contributed by atoms with van der Waals surface area (Å²) in [7, 11) is 3.11. The first kappa shape index (κ1) is 20.4. The van der Waals surface area contributed by atoms with E-state index in [1.165, 1.54) is 36.3 Å². The van der Waals surface area contributed by atoms with Gasteiger partial charge < -0.3 is 15.0 Å². The summed E-state index contributed by atoms with van der Waals surface area (Å²) in [5.41, 5.74) is 0.709. The molecule has 0 aliphatic heterocycles. The van der Waals surface area contributed by atoms with Crippen molar-refractivity contribution >= 4 is 34.1 Å². The number of thioether (sulfide) groups is 1. The molecule has 1 amide bonds. The number of aromatic nitrogens is 2. The summed E-state index contributed by atoms with van der Waals surface area (Å²) in [6.45, 7) is 5.40. The van der Waals surface area contributed by atoms with Crippen LogP contribution in [0.5, 0.6) is 5.75 Å². The van der Waals surface area contributed by atoms with Crippen LogP contribution in [0.4, 0.5) is 9.52 Å². The maximum absolute atomic E-state index is 13.7.